The summed E-state index contributed by atoms with van der Waals surface area (Å²) in [5.74, 6) is -0.627. The molecule has 0 aromatic heterocycles. The Balaban J connectivity index is 2.37. The molecule has 6 nitrogen and oxygen atoms in total. The minimum absolute atomic E-state index is 0.0649. The number of hydrogen-bond donors (Lipinski definition) is 2. The highest BCUT2D eigenvalue weighted by atomic mass is 16.5. The first-order chi connectivity index (χ1) is 10.5. The van der Waals surface area contributed by atoms with Crippen LogP contribution in [0.4, 0.5) is 0 Å². The van der Waals surface area contributed by atoms with E-state index in [0.29, 0.717) is 30.6 Å². The SMILES string of the molecule is CC(=O)Oc1ccccc1C(=O)CCCCCCC(=O)NO. The topological polar surface area (TPSA) is 92.7 Å². The van der Waals surface area contributed by atoms with Crippen LogP contribution >= 0.6 is 0 Å². The Morgan fingerprint density at radius 1 is 1.05 bits per heavy atom. The van der Waals surface area contributed by atoms with Gasteiger partial charge in [0.1, 0.15) is 5.75 Å². The highest BCUT2D eigenvalue weighted by Crippen LogP contribution is 2.21. The van der Waals surface area contributed by atoms with Crippen molar-refractivity contribution in [2.45, 2.75) is 45.4 Å². The molecule has 0 fully saturated rings. The lowest BCUT2D eigenvalue weighted by molar-refractivity contribution is -0.132. The lowest BCUT2D eigenvalue weighted by atomic mass is 10.0. The highest BCUT2D eigenvalue weighted by molar-refractivity contribution is 5.99. The summed E-state index contributed by atoms with van der Waals surface area (Å²) in [5, 5.41) is 8.34. The number of unbranched alkanes of at least 4 members (excludes halogenated alkanes) is 3. The Morgan fingerprint density at radius 3 is 2.32 bits per heavy atom. The van der Waals surface area contributed by atoms with E-state index in [1.54, 1.807) is 29.7 Å². The zero-order valence-corrected chi connectivity index (χ0v) is 12.6. The zero-order chi connectivity index (χ0) is 16.4. The van der Waals surface area contributed by atoms with Gasteiger partial charge in [0.15, 0.2) is 5.78 Å². The highest BCUT2D eigenvalue weighted by Gasteiger charge is 2.13. The van der Waals surface area contributed by atoms with Gasteiger partial charge in [-0.15, -0.1) is 0 Å². The fraction of sp³-hybridized carbons (Fsp3) is 0.438. The molecule has 1 aromatic rings. The van der Waals surface area contributed by atoms with Gasteiger partial charge < -0.3 is 4.74 Å². The number of rotatable bonds is 9. The first-order valence-corrected chi connectivity index (χ1v) is 7.28. The fourth-order valence-corrected chi connectivity index (χ4v) is 2.06. The van der Waals surface area contributed by atoms with E-state index in [2.05, 4.69) is 0 Å². The van der Waals surface area contributed by atoms with Gasteiger partial charge in [0.25, 0.3) is 0 Å². The maximum Gasteiger partial charge on any atom is 0.308 e. The Labute approximate surface area is 129 Å². The molecule has 0 atom stereocenters. The second-order valence-electron chi connectivity index (χ2n) is 4.96. The molecular weight excluding hydrogens is 286 g/mol. The third-order valence-corrected chi connectivity index (χ3v) is 3.12. The van der Waals surface area contributed by atoms with Crippen LogP contribution in [0, 0.1) is 0 Å². The van der Waals surface area contributed by atoms with Gasteiger partial charge in [-0.1, -0.05) is 25.0 Å². The van der Waals surface area contributed by atoms with E-state index in [1.165, 1.54) is 6.92 Å². The van der Waals surface area contributed by atoms with Gasteiger partial charge in [-0.3, -0.25) is 19.6 Å². The number of hydrogen-bond acceptors (Lipinski definition) is 5. The van der Waals surface area contributed by atoms with Crippen molar-refractivity contribution in [1.29, 1.82) is 0 Å². The number of nitrogens with one attached hydrogen (secondary N) is 1. The fourth-order valence-electron chi connectivity index (χ4n) is 2.06. The van der Waals surface area contributed by atoms with E-state index >= 15 is 0 Å². The summed E-state index contributed by atoms with van der Waals surface area (Å²) in [6.07, 6.45) is 3.65. The molecule has 1 rings (SSSR count). The normalized spacial score (nSPS) is 10.1. The lowest BCUT2D eigenvalue weighted by Crippen LogP contribution is -2.17. The monoisotopic (exact) mass is 307 g/mol. The molecule has 0 aliphatic carbocycles. The van der Waals surface area contributed by atoms with Crippen molar-refractivity contribution in [3.8, 4) is 5.75 Å². The Morgan fingerprint density at radius 2 is 1.68 bits per heavy atom. The summed E-state index contributed by atoms with van der Waals surface area (Å²) in [6.45, 7) is 1.30. The molecular formula is C16H21NO5. The maximum atomic E-state index is 12.1. The summed E-state index contributed by atoms with van der Waals surface area (Å²) >= 11 is 0. The standard InChI is InChI=1S/C16H21NO5/c1-12(18)22-15-10-7-6-8-13(15)14(19)9-4-2-3-5-11-16(20)17-21/h6-8,10,21H,2-5,9,11H2,1H3,(H,17,20). The van der Waals surface area contributed by atoms with E-state index in [-0.39, 0.29) is 12.2 Å². The zero-order valence-electron chi connectivity index (χ0n) is 12.6. The van der Waals surface area contributed by atoms with Crippen LogP contribution in [0.3, 0.4) is 0 Å². The molecule has 22 heavy (non-hydrogen) atoms. The van der Waals surface area contributed by atoms with Crippen molar-refractivity contribution in [1.82, 2.24) is 5.48 Å². The molecule has 0 aliphatic rings. The van der Waals surface area contributed by atoms with Gasteiger partial charge in [0, 0.05) is 19.8 Å². The summed E-state index contributed by atoms with van der Waals surface area (Å²) in [6, 6.07) is 6.68. The molecule has 0 bridgehead atoms. The molecule has 120 valence electrons. The largest absolute Gasteiger partial charge is 0.426 e. The van der Waals surface area contributed by atoms with Crippen molar-refractivity contribution in [3.05, 3.63) is 29.8 Å². The summed E-state index contributed by atoms with van der Waals surface area (Å²) in [5.41, 5.74) is 2.00. The number of carbonyl (C=O) groups excluding carboxylic acids is 3. The van der Waals surface area contributed by atoms with Crippen LogP contribution in [0.2, 0.25) is 0 Å². The number of Topliss-reactive ketones (excluding diaryl/α,β-unsaturated/α-hetero) is 1. The van der Waals surface area contributed by atoms with E-state index < -0.39 is 11.9 Å². The predicted molar refractivity (Wildman–Crippen MR) is 79.7 cm³/mol. The van der Waals surface area contributed by atoms with E-state index in [0.717, 1.165) is 12.8 Å². The van der Waals surface area contributed by atoms with Gasteiger partial charge in [-0.05, 0) is 25.0 Å². The molecule has 0 saturated heterocycles. The second-order valence-corrected chi connectivity index (χ2v) is 4.96. The first-order valence-electron chi connectivity index (χ1n) is 7.28. The van der Waals surface area contributed by atoms with Crippen LogP contribution in [-0.4, -0.2) is 22.9 Å². The molecule has 1 amide bonds. The van der Waals surface area contributed by atoms with Crippen LogP contribution in [0.25, 0.3) is 0 Å². The summed E-state index contributed by atoms with van der Waals surface area (Å²) in [4.78, 5) is 34.0. The number of benzene rings is 1. The Bertz CT molecular complexity index is 527. The number of para-hydroxylation sites is 1. The molecule has 2 N–H and O–H groups in total. The number of ether oxygens (including phenoxy) is 1. The summed E-state index contributed by atoms with van der Waals surface area (Å²) in [7, 11) is 0. The van der Waals surface area contributed by atoms with Gasteiger partial charge in [0.2, 0.25) is 5.91 Å². The smallest absolute Gasteiger partial charge is 0.308 e. The first kappa shape index (κ1) is 17.8. The average molecular weight is 307 g/mol. The Hall–Kier alpha value is -2.21. The van der Waals surface area contributed by atoms with Gasteiger partial charge in [-0.2, -0.15) is 0 Å². The third kappa shape index (κ3) is 6.49. The van der Waals surface area contributed by atoms with E-state index in [1.807, 2.05) is 0 Å². The van der Waals surface area contributed by atoms with Crippen molar-refractivity contribution in [3.63, 3.8) is 0 Å². The molecule has 1 aromatic carbocycles. The molecule has 0 aliphatic heterocycles. The molecule has 0 radical (unpaired) electrons. The summed E-state index contributed by atoms with van der Waals surface area (Å²) < 4.78 is 5.02. The maximum absolute atomic E-state index is 12.1. The molecule has 0 saturated carbocycles. The minimum atomic E-state index is -0.456. The van der Waals surface area contributed by atoms with Crippen LogP contribution in [-0.2, 0) is 9.59 Å². The molecule has 0 heterocycles. The average Bonchev–Trinajstić information content (AvgIpc) is 2.50. The van der Waals surface area contributed by atoms with Gasteiger partial charge in [-0.25, -0.2) is 5.48 Å². The lowest BCUT2D eigenvalue weighted by Gasteiger charge is -2.07. The van der Waals surface area contributed by atoms with Crippen LogP contribution in [0.1, 0.15) is 55.8 Å². The number of esters is 1. The number of hydroxylamine groups is 1. The number of carbonyl (C=O) groups is 3. The number of amides is 1. The van der Waals surface area contributed by atoms with E-state index in [9.17, 15) is 14.4 Å². The van der Waals surface area contributed by atoms with Crippen LogP contribution in [0.15, 0.2) is 24.3 Å². The van der Waals surface area contributed by atoms with Crippen molar-refractivity contribution >= 4 is 17.7 Å². The molecule has 6 heteroatoms. The van der Waals surface area contributed by atoms with Crippen LogP contribution < -0.4 is 10.2 Å². The quantitative estimate of drug-likeness (QED) is 0.183. The van der Waals surface area contributed by atoms with Crippen molar-refractivity contribution in [2.24, 2.45) is 0 Å². The molecule has 0 unspecified atom stereocenters. The second kappa shape index (κ2) is 9.68. The Kier molecular flexibility index (Phi) is 7.85. The van der Waals surface area contributed by atoms with Crippen LogP contribution in [0.5, 0.6) is 5.75 Å². The van der Waals surface area contributed by atoms with Crippen molar-refractivity contribution < 1.29 is 24.3 Å². The molecule has 0 spiro atoms. The van der Waals surface area contributed by atoms with Gasteiger partial charge in [0.05, 0.1) is 5.56 Å². The number of ketones is 1. The minimum Gasteiger partial charge on any atom is -0.426 e. The van der Waals surface area contributed by atoms with Crippen molar-refractivity contribution in [2.75, 3.05) is 0 Å². The third-order valence-electron chi connectivity index (χ3n) is 3.12. The van der Waals surface area contributed by atoms with E-state index in [4.69, 9.17) is 9.94 Å². The predicted octanol–water partition coefficient (Wildman–Crippen LogP) is 2.64. The van der Waals surface area contributed by atoms with Gasteiger partial charge >= 0.3 is 5.97 Å².